The monoisotopic (exact) mass is 237 g/mol. The van der Waals surface area contributed by atoms with Gasteiger partial charge in [-0.25, -0.2) is 0 Å². The van der Waals surface area contributed by atoms with Crippen molar-refractivity contribution in [2.75, 3.05) is 13.1 Å². The summed E-state index contributed by atoms with van der Waals surface area (Å²) >= 11 is 0. The molecule has 1 saturated carbocycles. The van der Waals surface area contributed by atoms with E-state index in [4.69, 9.17) is 4.52 Å². The van der Waals surface area contributed by atoms with Gasteiger partial charge < -0.3 is 9.84 Å². The van der Waals surface area contributed by atoms with Crippen LogP contribution in [0.15, 0.2) is 4.52 Å². The summed E-state index contributed by atoms with van der Waals surface area (Å²) in [7, 11) is 0. The van der Waals surface area contributed by atoms with Crippen molar-refractivity contribution in [2.24, 2.45) is 5.92 Å². The molecule has 1 fully saturated rings. The number of nitrogens with zero attached hydrogens (tertiary/aromatic N) is 2. The smallest absolute Gasteiger partial charge is 0.227 e. The maximum Gasteiger partial charge on any atom is 0.227 e. The third kappa shape index (κ3) is 4.46. The Hall–Kier alpha value is -0.900. The zero-order valence-electron chi connectivity index (χ0n) is 10.7. The first kappa shape index (κ1) is 12.6. The first-order valence-corrected chi connectivity index (χ1v) is 6.84. The van der Waals surface area contributed by atoms with Gasteiger partial charge in [-0.3, -0.25) is 0 Å². The van der Waals surface area contributed by atoms with E-state index in [1.54, 1.807) is 0 Å². The van der Waals surface area contributed by atoms with Gasteiger partial charge in [-0.05, 0) is 25.8 Å². The molecular weight excluding hydrogens is 214 g/mol. The predicted octanol–water partition coefficient (Wildman–Crippen LogP) is 2.48. The maximum absolute atomic E-state index is 5.06. The molecule has 0 spiro atoms. The van der Waals surface area contributed by atoms with Crippen molar-refractivity contribution in [1.82, 2.24) is 15.5 Å². The molecule has 0 saturated heterocycles. The summed E-state index contributed by atoms with van der Waals surface area (Å²) in [4.78, 5) is 4.18. The van der Waals surface area contributed by atoms with Gasteiger partial charge in [0.25, 0.3) is 0 Å². The summed E-state index contributed by atoms with van der Waals surface area (Å²) in [5, 5.41) is 7.24. The van der Waals surface area contributed by atoms with E-state index in [0.29, 0.717) is 0 Å². The first-order valence-electron chi connectivity index (χ1n) is 6.84. The summed E-state index contributed by atoms with van der Waals surface area (Å²) in [5.74, 6) is 2.43. The van der Waals surface area contributed by atoms with Gasteiger partial charge in [0.2, 0.25) is 5.89 Å². The van der Waals surface area contributed by atoms with Crippen LogP contribution in [0.5, 0.6) is 0 Å². The van der Waals surface area contributed by atoms with E-state index >= 15 is 0 Å². The molecule has 1 aliphatic rings. The van der Waals surface area contributed by atoms with Crippen LogP contribution in [0.2, 0.25) is 0 Å². The third-order valence-corrected chi connectivity index (χ3v) is 3.54. The molecule has 1 N–H and O–H groups in total. The van der Waals surface area contributed by atoms with Crippen LogP contribution < -0.4 is 5.32 Å². The van der Waals surface area contributed by atoms with Crippen molar-refractivity contribution in [3.05, 3.63) is 11.7 Å². The molecule has 0 radical (unpaired) electrons. The van der Waals surface area contributed by atoms with Crippen molar-refractivity contribution >= 4 is 0 Å². The second-order valence-electron chi connectivity index (χ2n) is 5.03. The van der Waals surface area contributed by atoms with E-state index in [1.807, 2.05) is 6.92 Å². The molecule has 0 aliphatic heterocycles. The van der Waals surface area contributed by atoms with Crippen LogP contribution in [0.4, 0.5) is 0 Å². The molecule has 4 nitrogen and oxygen atoms in total. The van der Waals surface area contributed by atoms with Crippen LogP contribution in [-0.4, -0.2) is 23.2 Å². The van der Waals surface area contributed by atoms with Crippen LogP contribution in [0.1, 0.15) is 50.2 Å². The van der Waals surface area contributed by atoms with Gasteiger partial charge in [-0.15, -0.1) is 0 Å². The maximum atomic E-state index is 5.06. The molecule has 1 aliphatic carbocycles. The van der Waals surface area contributed by atoms with E-state index in [9.17, 15) is 0 Å². The van der Waals surface area contributed by atoms with Crippen LogP contribution in [-0.2, 0) is 6.42 Å². The summed E-state index contributed by atoms with van der Waals surface area (Å²) in [6.07, 6.45) is 9.35. The van der Waals surface area contributed by atoms with Crippen LogP contribution in [0, 0.1) is 12.8 Å². The normalized spacial score (nSPS) is 17.5. The van der Waals surface area contributed by atoms with Gasteiger partial charge in [0.15, 0.2) is 5.82 Å². The number of aromatic nitrogens is 2. The van der Waals surface area contributed by atoms with Crippen molar-refractivity contribution < 1.29 is 4.52 Å². The SMILES string of the molecule is Cc1noc(CCNCCC2CCCCC2)n1. The Balaban J connectivity index is 1.51. The van der Waals surface area contributed by atoms with E-state index in [2.05, 4.69) is 15.5 Å². The Morgan fingerprint density at radius 3 is 2.76 bits per heavy atom. The number of hydrogen-bond acceptors (Lipinski definition) is 4. The van der Waals surface area contributed by atoms with Crippen LogP contribution >= 0.6 is 0 Å². The molecule has 96 valence electrons. The van der Waals surface area contributed by atoms with Crippen molar-refractivity contribution in [3.8, 4) is 0 Å². The van der Waals surface area contributed by atoms with Crippen molar-refractivity contribution in [1.29, 1.82) is 0 Å². The summed E-state index contributed by atoms with van der Waals surface area (Å²) in [6.45, 7) is 3.91. The molecule has 17 heavy (non-hydrogen) atoms. The Labute approximate surface area is 103 Å². The fraction of sp³-hybridized carbons (Fsp3) is 0.846. The molecular formula is C13H23N3O. The minimum atomic E-state index is 0.724. The van der Waals surface area contributed by atoms with E-state index in [-0.39, 0.29) is 0 Å². The highest BCUT2D eigenvalue weighted by Crippen LogP contribution is 2.25. The minimum absolute atomic E-state index is 0.724. The Kier molecular flexibility index (Phi) is 4.98. The number of nitrogens with one attached hydrogen (secondary N) is 1. The molecule has 2 rings (SSSR count). The zero-order valence-corrected chi connectivity index (χ0v) is 10.7. The van der Waals surface area contributed by atoms with E-state index in [1.165, 1.54) is 38.5 Å². The lowest BCUT2D eigenvalue weighted by atomic mass is 9.87. The average Bonchev–Trinajstić information content (AvgIpc) is 2.76. The molecule has 0 amide bonds. The van der Waals surface area contributed by atoms with E-state index in [0.717, 1.165) is 37.1 Å². The molecule has 1 heterocycles. The predicted molar refractivity (Wildman–Crippen MR) is 66.8 cm³/mol. The lowest BCUT2D eigenvalue weighted by molar-refractivity contribution is 0.332. The van der Waals surface area contributed by atoms with Gasteiger partial charge in [0, 0.05) is 13.0 Å². The standard InChI is InChI=1S/C13H23N3O/c1-11-15-13(17-16-11)8-10-14-9-7-12-5-3-2-4-6-12/h12,14H,2-10H2,1H3. The highest BCUT2D eigenvalue weighted by atomic mass is 16.5. The Morgan fingerprint density at radius 2 is 2.06 bits per heavy atom. The van der Waals surface area contributed by atoms with Crippen molar-refractivity contribution in [2.45, 2.75) is 51.9 Å². The van der Waals surface area contributed by atoms with Crippen molar-refractivity contribution in [3.63, 3.8) is 0 Å². The molecule has 0 bridgehead atoms. The second-order valence-corrected chi connectivity index (χ2v) is 5.03. The second kappa shape index (κ2) is 6.74. The van der Waals surface area contributed by atoms with Crippen LogP contribution in [0.25, 0.3) is 0 Å². The molecule has 0 unspecified atom stereocenters. The van der Waals surface area contributed by atoms with E-state index < -0.39 is 0 Å². The fourth-order valence-electron chi connectivity index (χ4n) is 2.54. The van der Waals surface area contributed by atoms with Gasteiger partial charge in [0.05, 0.1) is 0 Å². The molecule has 1 aromatic heterocycles. The lowest BCUT2D eigenvalue weighted by Gasteiger charge is -2.21. The van der Waals surface area contributed by atoms with Gasteiger partial charge in [-0.2, -0.15) is 4.98 Å². The average molecular weight is 237 g/mol. The summed E-state index contributed by atoms with van der Waals surface area (Å²) in [5.41, 5.74) is 0. The Morgan fingerprint density at radius 1 is 1.24 bits per heavy atom. The molecule has 0 aromatic carbocycles. The van der Waals surface area contributed by atoms with Crippen LogP contribution in [0.3, 0.4) is 0 Å². The largest absolute Gasteiger partial charge is 0.339 e. The zero-order chi connectivity index (χ0) is 11.9. The number of rotatable bonds is 6. The number of aryl methyl sites for hydroxylation is 1. The summed E-state index contributed by atoms with van der Waals surface area (Å²) in [6, 6.07) is 0. The minimum Gasteiger partial charge on any atom is -0.339 e. The first-order chi connectivity index (χ1) is 8.34. The fourth-order valence-corrected chi connectivity index (χ4v) is 2.54. The quantitative estimate of drug-likeness (QED) is 0.772. The number of hydrogen-bond donors (Lipinski definition) is 1. The van der Waals surface area contributed by atoms with Gasteiger partial charge in [0.1, 0.15) is 0 Å². The molecule has 0 atom stereocenters. The van der Waals surface area contributed by atoms with Gasteiger partial charge in [-0.1, -0.05) is 37.3 Å². The molecule has 4 heteroatoms. The third-order valence-electron chi connectivity index (χ3n) is 3.54. The van der Waals surface area contributed by atoms with Gasteiger partial charge >= 0.3 is 0 Å². The highest BCUT2D eigenvalue weighted by Gasteiger charge is 2.12. The topological polar surface area (TPSA) is 51.0 Å². The summed E-state index contributed by atoms with van der Waals surface area (Å²) < 4.78 is 5.06. The highest BCUT2D eigenvalue weighted by molar-refractivity contribution is 4.83. The lowest BCUT2D eigenvalue weighted by Crippen LogP contribution is -2.21. The molecule has 1 aromatic rings. The Bertz CT molecular complexity index is 318.